The van der Waals surface area contributed by atoms with Crippen LogP contribution in [0.3, 0.4) is 0 Å². The lowest BCUT2D eigenvalue weighted by molar-refractivity contribution is 0.112. The van der Waals surface area contributed by atoms with Gasteiger partial charge in [0, 0.05) is 29.9 Å². The van der Waals surface area contributed by atoms with Crippen LogP contribution in [0.5, 0.6) is 0 Å². The summed E-state index contributed by atoms with van der Waals surface area (Å²) in [7, 11) is 1.77. The number of rotatable bonds is 2. The van der Waals surface area contributed by atoms with Crippen molar-refractivity contribution in [2.75, 3.05) is 0 Å². The van der Waals surface area contributed by atoms with Crippen molar-refractivity contribution in [1.29, 1.82) is 0 Å². The Labute approximate surface area is 86.2 Å². The number of nitrogens with zero attached hydrogens (tertiary/aromatic N) is 2. The third-order valence-corrected chi connectivity index (χ3v) is 2.15. The highest BCUT2D eigenvalue weighted by Crippen LogP contribution is 2.22. The Morgan fingerprint density at radius 3 is 2.80 bits per heavy atom. The quantitative estimate of drug-likeness (QED) is 0.701. The van der Waals surface area contributed by atoms with E-state index in [1.165, 1.54) is 6.07 Å². The Kier molecular flexibility index (Phi) is 2.33. The van der Waals surface area contributed by atoms with Gasteiger partial charge in [-0.25, -0.2) is 4.39 Å². The molecule has 0 unspecified atom stereocenters. The summed E-state index contributed by atoms with van der Waals surface area (Å²) in [6.07, 6.45) is 3.92. The van der Waals surface area contributed by atoms with Gasteiger partial charge in [-0.15, -0.1) is 0 Å². The van der Waals surface area contributed by atoms with Gasteiger partial charge in [0.15, 0.2) is 0 Å². The number of hydrogen-bond donors (Lipinski definition) is 0. The maximum Gasteiger partial charge on any atom is 0.150 e. The van der Waals surface area contributed by atoms with Gasteiger partial charge in [0.05, 0.1) is 6.20 Å². The maximum atomic E-state index is 13.5. The molecule has 0 radical (unpaired) electrons. The van der Waals surface area contributed by atoms with Crippen molar-refractivity contribution in [2.24, 2.45) is 7.05 Å². The topological polar surface area (TPSA) is 34.9 Å². The fourth-order valence-corrected chi connectivity index (χ4v) is 1.40. The summed E-state index contributed by atoms with van der Waals surface area (Å²) in [6.45, 7) is 0. The van der Waals surface area contributed by atoms with Crippen LogP contribution in [-0.4, -0.2) is 16.1 Å². The predicted molar refractivity (Wildman–Crippen MR) is 54.0 cm³/mol. The van der Waals surface area contributed by atoms with Gasteiger partial charge in [-0.05, 0) is 6.07 Å². The molecule has 0 aliphatic heterocycles. The number of hydrogen-bond acceptors (Lipinski definition) is 2. The summed E-state index contributed by atoms with van der Waals surface area (Å²) in [5, 5.41) is 3.96. The molecule has 1 aromatic heterocycles. The highest BCUT2D eigenvalue weighted by molar-refractivity contribution is 5.77. The van der Waals surface area contributed by atoms with Crippen LogP contribution in [-0.2, 0) is 7.05 Å². The van der Waals surface area contributed by atoms with E-state index in [2.05, 4.69) is 5.10 Å². The molecule has 1 aromatic carbocycles. The second kappa shape index (κ2) is 3.65. The normalized spacial score (nSPS) is 10.3. The molecule has 0 bridgehead atoms. The second-order valence-corrected chi connectivity index (χ2v) is 3.26. The van der Waals surface area contributed by atoms with Crippen molar-refractivity contribution >= 4 is 6.29 Å². The van der Waals surface area contributed by atoms with Gasteiger partial charge >= 0.3 is 0 Å². The van der Waals surface area contributed by atoms with Crippen molar-refractivity contribution in [3.05, 3.63) is 42.0 Å². The van der Waals surface area contributed by atoms with E-state index < -0.39 is 5.82 Å². The zero-order valence-electron chi connectivity index (χ0n) is 8.14. The first-order valence-corrected chi connectivity index (χ1v) is 4.44. The fraction of sp³-hybridized carbons (Fsp3) is 0.0909. The van der Waals surface area contributed by atoms with Crippen molar-refractivity contribution in [3.8, 4) is 11.1 Å². The number of halogens is 1. The van der Waals surface area contributed by atoms with Crippen molar-refractivity contribution in [2.45, 2.75) is 0 Å². The fourth-order valence-electron chi connectivity index (χ4n) is 1.40. The lowest BCUT2D eigenvalue weighted by Gasteiger charge is -1.99. The molecule has 2 aromatic rings. The molecule has 0 fully saturated rings. The smallest absolute Gasteiger partial charge is 0.150 e. The Balaban J connectivity index is 2.49. The predicted octanol–water partition coefficient (Wildman–Crippen LogP) is 2.04. The molecule has 1 heterocycles. The summed E-state index contributed by atoms with van der Waals surface area (Å²) >= 11 is 0. The molecule has 2 rings (SSSR count). The van der Waals surface area contributed by atoms with Crippen LogP contribution in [0.25, 0.3) is 11.1 Å². The van der Waals surface area contributed by atoms with Crippen LogP contribution in [0, 0.1) is 5.82 Å². The molecule has 0 spiro atoms. The Hall–Kier alpha value is -1.97. The average Bonchev–Trinajstić information content (AvgIpc) is 2.64. The first-order chi connectivity index (χ1) is 7.20. The molecule has 0 saturated heterocycles. The summed E-state index contributed by atoms with van der Waals surface area (Å²) < 4.78 is 15.1. The van der Waals surface area contributed by atoms with Crippen molar-refractivity contribution in [3.63, 3.8) is 0 Å². The minimum atomic E-state index is -0.410. The maximum absolute atomic E-state index is 13.5. The molecule has 0 saturated carbocycles. The summed E-state index contributed by atoms with van der Waals surface area (Å²) in [6, 6.07) is 4.38. The Bertz CT molecular complexity index is 505. The lowest BCUT2D eigenvalue weighted by Crippen LogP contribution is -1.87. The molecule has 3 nitrogen and oxygen atoms in total. The minimum Gasteiger partial charge on any atom is -0.298 e. The summed E-state index contributed by atoms with van der Waals surface area (Å²) in [5.41, 5.74) is 1.49. The SMILES string of the molecule is Cn1cc(-c2ccc(C=O)cc2F)cn1. The summed E-state index contributed by atoms with van der Waals surface area (Å²) in [5.74, 6) is -0.410. The molecule has 0 atom stereocenters. The van der Waals surface area contributed by atoms with E-state index in [-0.39, 0.29) is 0 Å². The van der Waals surface area contributed by atoms with Crippen molar-refractivity contribution in [1.82, 2.24) is 9.78 Å². The van der Waals surface area contributed by atoms with Crippen LogP contribution in [0.2, 0.25) is 0 Å². The zero-order chi connectivity index (χ0) is 10.8. The number of benzene rings is 1. The van der Waals surface area contributed by atoms with Gasteiger partial charge < -0.3 is 0 Å². The second-order valence-electron chi connectivity index (χ2n) is 3.26. The van der Waals surface area contributed by atoms with Gasteiger partial charge in [0.1, 0.15) is 12.1 Å². The molecule has 0 aliphatic rings. The molecule has 4 heteroatoms. The highest BCUT2D eigenvalue weighted by Gasteiger charge is 2.07. The molecule has 0 amide bonds. The lowest BCUT2D eigenvalue weighted by atomic mass is 10.1. The largest absolute Gasteiger partial charge is 0.298 e. The third-order valence-electron chi connectivity index (χ3n) is 2.15. The van der Waals surface area contributed by atoms with Crippen LogP contribution >= 0.6 is 0 Å². The van der Waals surface area contributed by atoms with E-state index in [9.17, 15) is 9.18 Å². The van der Waals surface area contributed by atoms with Crippen LogP contribution in [0.1, 0.15) is 10.4 Å². The van der Waals surface area contributed by atoms with Gasteiger partial charge in [0.25, 0.3) is 0 Å². The van der Waals surface area contributed by atoms with Gasteiger partial charge in [-0.2, -0.15) is 5.10 Å². The Morgan fingerprint density at radius 1 is 1.47 bits per heavy atom. The van der Waals surface area contributed by atoms with E-state index in [0.29, 0.717) is 23.0 Å². The molecule has 15 heavy (non-hydrogen) atoms. The van der Waals surface area contributed by atoms with Crippen molar-refractivity contribution < 1.29 is 9.18 Å². The monoisotopic (exact) mass is 204 g/mol. The molecule has 76 valence electrons. The van der Waals surface area contributed by atoms with Crippen LogP contribution in [0.15, 0.2) is 30.6 Å². The summed E-state index contributed by atoms with van der Waals surface area (Å²) in [4.78, 5) is 10.4. The number of aromatic nitrogens is 2. The third kappa shape index (κ3) is 1.79. The van der Waals surface area contributed by atoms with E-state index in [0.717, 1.165) is 0 Å². The van der Waals surface area contributed by atoms with Gasteiger partial charge in [-0.1, -0.05) is 12.1 Å². The molecule has 0 aliphatic carbocycles. The molecular formula is C11H9FN2O. The molecular weight excluding hydrogens is 195 g/mol. The van der Waals surface area contributed by atoms with E-state index >= 15 is 0 Å². The van der Waals surface area contributed by atoms with E-state index in [4.69, 9.17) is 0 Å². The number of carbonyl (C=O) groups is 1. The number of aldehydes is 1. The first-order valence-electron chi connectivity index (χ1n) is 4.44. The van der Waals surface area contributed by atoms with Gasteiger partial charge in [-0.3, -0.25) is 9.48 Å². The average molecular weight is 204 g/mol. The van der Waals surface area contributed by atoms with Crippen LogP contribution in [0.4, 0.5) is 4.39 Å². The first kappa shape index (κ1) is 9.58. The minimum absolute atomic E-state index is 0.333. The van der Waals surface area contributed by atoms with Crippen LogP contribution < -0.4 is 0 Å². The molecule has 0 N–H and O–H groups in total. The Morgan fingerprint density at radius 2 is 2.27 bits per heavy atom. The standard InChI is InChI=1S/C11H9FN2O/c1-14-6-9(5-13-14)10-3-2-8(7-15)4-11(10)12/h2-7H,1H3. The number of aryl methyl sites for hydroxylation is 1. The van der Waals surface area contributed by atoms with E-state index in [1.807, 2.05) is 0 Å². The zero-order valence-corrected chi connectivity index (χ0v) is 8.14. The van der Waals surface area contributed by atoms with E-state index in [1.54, 1.807) is 36.3 Å². The van der Waals surface area contributed by atoms with Gasteiger partial charge in [0.2, 0.25) is 0 Å². The number of carbonyl (C=O) groups excluding carboxylic acids is 1. The highest BCUT2D eigenvalue weighted by atomic mass is 19.1.